The fourth-order valence-corrected chi connectivity index (χ4v) is 5.80. The van der Waals surface area contributed by atoms with Crippen LogP contribution in [0.3, 0.4) is 0 Å². The van der Waals surface area contributed by atoms with Crippen molar-refractivity contribution in [2.45, 2.75) is 56.2 Å². The normalized spacial score (nSPS) is 26.2. The molecule has 32 heavy (non-hydrogen) atoms. The molecule has 1 N–H and O–H groups in total. The molecule has 1 aromatic heterocycles. The number of aromatic nitrogens is 1. The highest BCUT2D eigenvalue weighted by atomic mass is 32.2. The number of methoxy groups -OCH3 is 1. The van der Waals surface area contributed by atoms with Crippen molar-refractivity contribution in [1.29, 1.82) is 0 Å². The second kappa shape index (κ2) is 10.2. The first kappa shape index (κ1) is 23.0. The SMILES string of the molecule is COc1ccc(N2CC[C@H](NS(C)(=O)=O)[C@@H]2COC2CCC(c3ccccc3)CC2)cn1. The molecule has 2 fully saturated rings. The molecule has 1 aliphatic heterocycles. The summed E-state index contributed by atoms with van der Waals surface area (Å²) in [4.78, 5) is 6.52. The lowest BCUT2D eigenvalue weighted by molar-refractivity contribution is 0.0157. The van der Waals surface area contributed by atoms with Gasteiger partial charge in [0.1, 0.15) is 0 Å². The number of benzene rings is 1. The maximum Gasteiger partial charge on any atom is 0.213 e. The van der Waals surface area contributed by atoms with Gasteiger partial charge in [-0.1, -0.05) is 30.3 Å². The minimum absolute atomic E-state index is 0.0771. The van der Waals surface area contributed by atoms with Crippen LogP contribution in [0.4, 0.5) is 5.69 Å². The summed E-state index contributed by atoms with van der Waals surface area (Å²) in [5.74, 6) is 1.16. The van der Waals surface area contributed by atoms with Crippen molar-refractivity contribution in [3.05, 3.63) is 54.2 Å². The summed E-state index contributed by atoms with van der Waals surface area (Å²) in [6.07, 6.45) is 8.24. The first-order valence-electron chi connectivity index (χ1n) is 11.3. The molecule has 2 aliphatic rings. The Hall–Kier alpha value is -2.16. The van der Waals surface area contributed by atoms with E-state index in [1.165, 1.54) is 11.8 Å². The molecule has 1 saturated heterocycles. The van der Waals surface area contributed by atoms with Crippen molar-refractivity contribution >= 4 is 15.7 Å². The Morgan fingerprint density at radius 1 is 1.06 bits per heavy atom. The van der Waals surface area contributed by atoms with Crippen LogP contribution in [0.5, 0.6) is 5.88 Å². The number of rotatable bonds is 8. The van der Waals surface area contributed by atoms with Crippen LogP contribution in [0.1, 0.15) is 43.6 Å². The van der Waals surface area contributed by atoms with Gasteiger partial charge < -0.3 is 14.4 Å². The highest BCUT2D eigenvalue weighted by molar-refractivity contribution is 7.88. The first-order chi connectivity index (χ1) is 15.4. The van der Waals surface area contributed by atoms with Gasteiger partial charge in [-0.25, -0.2) is 18.1 Å². The lowest BCUT2D eigenvalue weighted by atomic mass is 9.83. The van der Waals surface area contributed by atoms with Gasteiger partial charge in [-0.15, -0.1) is 0 Å². The Bertz CT molecular complexity index is 960. The Kier molecular flexibility index (Phi) is 7.33. The van der Waals surface area contributed by atoms with Crippen LogP contribution < -0.4 is 14.4 Å². The Labute approximate surface area is 191 Å². The minimum atomic E-state index is -3.31. The lowest BCUT2D eigenvalue weighted by Gasteiger charge is -2.33. The number of nitrogens with one attached hydrogen (secondary N) is 1. The molecule has 2 atom stereocenters. The van der Waals surface area contributed by atoms with E-state index in [-0.39, 0.29) is 18.2 Å². The molecule has 2 aromatic rings. The third-order valence-electron chi connectivity index (χ3n) is 6.62. The molecular weight excluding hydrogens is 426 g/mol. The number of nitrogens with zero attached hydrogens (tertiary/aromatic N) is 2. The number of hydrogen-bond donors (Lipinski definition) is 1. The summed E-state index contributed by atoms with van der Waals surface area (Å²) in [6, 6.07) is 14.2. The average Bonchev–Trinajstić information content (AvgIpc) is 3.19. The third kappa shape index (κ3) is 5.79. The van der Waals surface area contributed by atoms with Gasteiger partial charge in [0.2, 0.25) is 15.9 Å². The number of anilines is 1. The van der Waals surface area contributed by atoms with Gasteiger partial charge in [0.15, 0.2) is 0 Å². The van der Waals surface area contributed by atoms with Crippen LogP contribution in [-0.4, -0.2) is 58.1 Å². The highest BCUT2D eigenvalue weighted by Gasteiger charge is 2.37. The van der Waals surface area contributed by atoms with Gasteiger partial charge >= 0.3 is 0 Å². The van der Waals surface area contributed by atoms with Crippen LogP contribution in [0, 0.1) is 0 Å². The van der Waals surface area contributed by atoms with E-state index in [9.17, 15) is 8.42 Å². The smallest absolute Gasteiger partial charge is 0.213 e. The molecule has 0 radical (unpaired) electrons. The molecule has 1 aromatic carbocycles. The molecule has 0 spiro atoms. The molecule has 1 saturated carbocycles. The molecule has 0 amide bonds. The highest BCUT2D eigenvalue weighted by Crippen LogP contribution is 2.34. The number of ether oxygens (including phenoxy) is 2. The largest absolute Gasteiger partial charge is 0.481 e. The Morgan fingerprint density at radius 3 is 2.44 bits per heavy atom. The molecule has 174 valence electrons. The van der Waals surface area contributed by atoms with Gasteiger partial charge in [0.25, 0.3) is 0 Å². The van der Waals surface area contributed by atoms with Crippen LogP contribution in [0.25, 0.3) is 0 Å². The van der Waals surface area contributed by atoms with Crippen molar-refractivity contribution in [3.63, 3.8) is 0 Å². The van der Waals surface area contributed by atoms with Crippen LogP contribution >= 0.6 is 0 Å². The quantitative estimate of drug-likeness (QED) is 0.652. The maximum absolute atomic E-state index is 11.9. The summed E-state index contributed by atoms with van der Waals surface area (Å²) in [6.45, 7) is 1.23. The zero-order valence-corrected chi connectivity index (χ0v) is 19.6. The Balaban J connectivity index is 1.39. The van der Waals surface area contributed by atoms with E-state index in [1.54, 1.807) is 13.3 Å². The average molecular weight is 460 g/mol. The van der Waals surface area contributed by atoms with E-state index in [0.717, 1.165) is 44.3 Å². The minimum Gasteiger partial charge on any atom is -0.481 e. The number of pyridine rings is 1. The summed E-state index contributed by atoms with van der Waals surface area (Å²) in [5, 5.41) is 0. The number of hydrogen-bond acceptors (Lipinski definition) is 6. The van der Waals surface area contributed by atoms with E-state index < -0.39 is 10.0 Å². The molecular formula is C24H33N3O4S. The number of sulfonamides is 1. The second-order valence-electron chi connectivity index (χ2n) is 8.82. The zero-order valence-electron chi connectivity index (χ0n) is 18.8. The predicted molar refractivity (Wildman–Crippen MR) is 126 cm³/mol. The van der Waals surface area contributed by atoms with E-state index in [2.05, 4.69) is 44.9 Å². The van der Waals surface area contributed by atoms with E-state index in [4.69, 9.17) is 9.47 Å². The fraction of sp³-hybridized carbons (Fsp3) is 0.542. The molecule has 8 heteroatoms. The van der Waals surface area contributed by atoms with Crippen molar-refractivity contribution in [2.75, 3.05) is 31.4 Å². The standard InChI is InChI=1S/C24H33N3O4S/c1-30-24-13-10-20(16-25-24)27-15-14-22(26-32(2,28)29)23(27)17-31-21-11-8-19(9-12-21)18-6-4-3-5-7-18/h3-7,10,13,16,19,21-23,26H,8-9,11-12,14-15,17H2,1-2H3/t19?,21?,22-,23-/m0/s1. The molecule has 7 nitrogen and oxygen atoms in total. The van der Waals surface area contributed by atoms with Crippen LogP contribution in [0.15, 0.2) is 48.7 Å². The molecule has 2 heterocycles. The summed E-state index contributed by atoms with van der Waals surface area (Å²) >= 11 is 0. The predicted octanol–water partition coefficient (Wildman–Crippen LogP) is 3.33. The summed E-state index contributed by atoms with van der Waals surface area (Å²) in [5.41, 5.74) is 2.36. The maximum atomic E-state index is 11.9. The van der Waals surface area contributed by atoms with Gasteiger partial charge in [-0.3, -0.25) is 0 Å². The zero-order chi connectivity index (χ0) is 22.6. The van der Waals surface area contributed by atoms with Crippen molar-refractivity contribution in [3.8, 4) is 5.88 Å². The topological polar surface area (TPSA) is 80.8 Å². The van der Waals surface area contributed by atoms with Gasteiger partial charge in [0.05, 0.1) is 44.0 Å². The van der Waals surface area contributed by atoms with Gasteiger partial charge in [0, 0.05) is 18.7 Å². The lowest BCUT2D eigenvalue weighted by Crippen LogP contribution is -2.48. The second-order valence-corrected chi connectivity index (χ2v) is 10.6. The van der Waals surface area contributed by atoms with E-state index in [0.29, 0.717) is 18.4 Å². The van der Waals surface area contributed by atoms with Crippen LogP contribution in [-0.2, 0) is 14.8 Å². The molecule has 4 rings (SSSR count). The first-order valence-corrected chi connectivity index (χ1v) is 13.2. The van der Waals surface area contributed by atoms with E-state index in [1.807, 2.05) is 12.1 Å². The third-order valence-corrected chi connectivity index (χ3v) is 7.35. The molecule has 1 aliphatic carbocycles. The van der Waals surface area contributed by atoms with Gasteiger partial charge in [-0.05, 0) is 49.7 Å². The summed E-state index contributed by atoms with van der Waals surface area (Å²) in [7, 11) is -1.72. The van der Waals surface area contributed by atoms with Crippen molar-refractivity contribution in [1.82, 2.24) is 9.71 Å². The van der Waals surface area contributed by atoms with Crippen molar-refractivity contribution in [2.24, 2.45) is 0 Å². The Morgan fingerprint density at radius 2 is 1.81 bits per heavy atom. The van der Waals surface area contributed by atoms with Crippen molar-refractivity contribution < 1.29 is 17.9 Å². The summed E-state index contributed by atoms with van der Waals surface area (Å²) < 4.78 is 38.2. The van der Waals surface area contributed by atoms with E-state index >= 15 is 0 Å². The molecule has 0 bridgehead atoms. The van der Waals surface area contributed by atoms with Gasteiger partial charge in [-0.2, -0.15) is 0 Å². The monoisotopic (exact) mass is 459 g/mol. The van der Waals surface area contributed by atoms with Crippen LogP contribution in [0.2, 0.25) is 0 Å². The molecule has 0 unspecified atom stereocenters. The fourth-order valence-electron chi connectivity index (χ4n) is 4.98.